The van der Waals surface area contributed by atoms with Gasteiger partial charge in [0.25, 0.3) is 0 Å². The quantitative estimate of drug-likeness (QED) is 0.808. The van der Waals surface area contributed by atoms with E-state index in [1.165, 1.54) is 6.07 Å². The van der Waals surface area contributed by atoms with E-state index in [2.05, 4.69) is 22.2 Å². The molecule has 1 aromatic carbocycles. The first-order valence-electron chi connectivity index (χ1n) is 6.76. The summed E-state index contributed by atoms with van der Waals surface area (Å²) in [7, 11) is 2.15. The molecule has 0 unspecified atom stereocenters. The monoisotopic (exact) mass is 266 g/mol. The van der Waals surface area contributed by atoms with E-state index in [0.717, 1.165) is 45.0 Å². The number of anilines is 2. The first-order chi connectivity index (χ1) is 9.06. The van der Waals surface area contributed by atoms with Crippen LogP contribution in [0.15, 0.2) is 12.1 Å². The van der Waals surface area contributed by atoms with Crippen LogP contribution >= 0.6 is 0 Å². The van der Waals surface area contributed by atoms with E-state index in [4.69, 9.17) is 5.73 Å². The van der Waals surface area contributed by atoms with Crippen LogP contribution in [0.4, 0.5) is 15.8 Å². The van der Waals surface area contributed by atoms with E-state index in [0.29, 0.717) is 11.3 Å². The minimum Gasteiger partial charge on any atom is -0.397 e. The highest BCUT2D eigenvalue weighted by molar-refractivity contribution is 5.67. The summed E-state index contributed by atoms with van der Waals surface area (Å²) >= 11 is 0. The Kier molecular flexibility index (Phi) is 4.61. The summed E-state index contributed by atoms with van der Waals surface area (Å²) < 4.78 is 13.3. The van der Waals surface area contributed by atoms with E-state index in [-0.39, 0.29) is 5.82 Å². The number of likely N-dealkylation sites (N-methyl/N-ethyl adjacent to an activating group) is 1. The Morgan fingerprint density at radius 2 is 1.95 bits per heavy atom. The molecule has 2 rings (SSSR count). The molecule has 1 fully saturated rings. The zero-order valence-corrected chi connectivity index (χ0v) is 11.7. The standard InChI is InChI=1S/C14H23FN4/c1-11-9-14(13(16)10-12(11)15)17-3-4-19-7-5-18(2)6-8-19/h9-10,17H,3-8,16H2,1-2H3. The number of rotatable bonds is 4. The van der Waals surface area contributed by atoms with E-state index in [1.54, 1.807) is 13.0 Å². The summed E-state index contributed by atoms with van der Waals surface area (Å²) in [6, 6.07) is 3.15. The molecule has 0 spiro atoms. The average molecular weight is 266 g/mol. The third kappa shape index (κ3) is 3.81. The van der Waals surface area contributed by atoms with E-state index < -0.39 is 0 Å². The molecule has 106 valence electrons. The van der Waals surface area contributed by atoms with Crippen LogP contribution in [-0.4, -0.2) is 56.1 Å². The molecular weight excluding hydrogens is 243 g/mol. The molecule has 4 nitrogen and oxygen atoms in total. The van der Waals surface area contributed by atoms with Gasteiger partial charge in [-0.3, -0.25) is 4.90 Å². The number of nitrogens with zero attached hydrogens (tertiary/aromatic N) is 2. The van der Waals surface area contributed by atoms with Crippen LogP contribution in [0.25, 0.3) is 0 Å². The molecule has 0 atom stereocenters. The fraction of sp³-hybridized carbons (Fsp3) is 0.571. The summed E-state index contributed by atoms with van der Waals surface area (Å²) in [4.78, 5) is 4.77. The number of halogens is 1. The van der Waals surface area contributed by atoms with Gasteiger partial charge in [-0.15, -0.1) is 0 Å². The molecular formula is C14H23FN4. The third-order valence-electron chi connectivity index (χ3n) is 3.67. The Labute approximate surface area is 114 Å². The van der Waals surface area contributed by atoms with Crippen molar-refractivity contribution in [2.24, 2.45) is 0 Å². The summed E-state index contributed by atoms with van der Waals surface area (Å²) in [5.41, 5.74) is 7.73. The molecule has 0 bridgehead atoms. The van der Waals surface area contributed by atoms with Gasteiger partial charge in [-0.05, 0) is 31.7 Å². The van der Waals surface area contributed by atoms with Crippen LogP contribution in [-0.2, 0) is 0 Å². The van der Waals surface area contributed by atoms with Crippen molar-refractivity contribution in [2.45, 2.75) is 6.92 Å². The van der Waals surface area contributed by atoms with E-state index in [9.17, 15) is 4.39 Å². The van der Waals surface area contributed by atoms with Crippen LogP contribution in [0.1, 0.15) is 5.56 Å². The van der Waals surface area contributed by atoms with Gasteiger partial charge >= 0.3 is 0 Å². The highest BCUT2D eigenvalue weighted by Gasteiger charge is 2.13. The number of aryl methyl sites for hydroxylation is 1. The number of hydrogen-bond acceptors (Lipinski definition) is 4. The number of benzene rings is 1. The Morgan fingerprint density at radius 1 is 1.26 bits per heavy atom. The molecule has 19 heavy (non-hydrogen) atoms. The Morgan fingerprint density at radius 3 is 2.63 bits per heavy atom. The first kappa shape index (κ1) is 14.1. The highest BCUT2D eigenvalue weighted by Crippen LogP contribution is 2.22. The SMILES string of the molecule is Cc1cc(NCCN2CCN(C)CC2)c(N)cc1F. The molecule has 1 aromatic rings. The number of nitrogens with one attached hydrogen (secondary N) is 1. The summed E-state index contributed by atoms with van der Waals surface area (Å²) in [6.45, 7) is 8.03. The van der Waals surface area contributed by atoms with Gasteiger partial charge in [0.2, 0.25) is 0 Å². The lowest BCUT2D eigenvalue weighted by Crippen LogP contribution is -2.45. The molecule has 0 radical (unpaired) electrons. The van der Waals surface area contributed by atoms with Gasteiger partial charge in [0.15, 0.2) is 0 Å². The third-order valence-corrected chi connectivity index (χ3v) is 3.67. The van der Waals surface area contributed by atoms with Crippen molar-refractivity contribution in [1.82, 2.24) is 9.80 Å². The van der Waals surface area contributed by atoms with Gasteiger partial charge in [-0.2, -0.15) is 0 Å². The summed E-state index contributed by atoms with van der Waals surface area (Å²) in [6.07, 6.45) is 0. The minimum atomic E-state index is -0.248. The van der Waals surface area contributed by atoms with Gasteiger partial charge in [0.05, 0.1) is 11.4 Å². The van der Waals surface area contributed by atoms with Crippen LogP contribution < -0.4 is 11.1 Å². The van der Waals surface area contributed by atoms with Crippen molar-refractivity contribution in [1.29, 1.82) is 0 Å². The molecule has 1 saturated heterocycles. The van der Waals surface area contributed by atoms with E-state index >= 15 is 0 Å². The molecule has 3 N–H and O–H groups in total. The van der Waals surface area contributed by atoms with Crippen LogP contribution in [0, 0.1) is 12.7 Å². The number of piperazine rings is 1. The fourth-order valence-electron chi connectivity index (χ4n) is 2.27. The molecule has 1 heterocycles. The number of nitrogens with two attached hydrogens (primary N) is 1. The van der Waals surface area contributed by atoms with Crippen molar-refractivity contribution in [3.05, 3.63) is 23.5 Å². The molecule has 1 aliphatic heterocycles. The number of hydrogen-bond donors (Lipinski definition) is 2. The average Bonchev–Trinajstić information content (AvgIpc) is 2.38. The largest absolute Gasteiger partial charge is 0.397 e. The fourth-order valence-corrected chi connectivity index (χ4v) is 2.27. The maximum absolute atomic E-state index is 13.3. The number of nitrogen functional groups attached to an aromatic ring is 1. The van der Waals surface area contributed by atoms with E-state index in [1.807, 2.05) is 0 Å². The van der Waals surface area contributed by atoms with Crippen molar-refractivity contribution >= 4 is 11.4 Å². The lowest BCUT2D eigenvalue weighted by Gasteiger charge is -2.32. The smallest absolute Gasteiger partial charge is 0.128 e. The van der Waals surface area contributed by atoms with Crippen molar-refractivity contribution < 1.29 is 4.39 Å². The Bertz CT molecular complexity index is 428. The van der Waals surface area contributed by atoms with Crippen molar-refractivity contribution in [3.8, 4) is 0 Å². The van der Waals surface area contributed by atoms with Crippen LogP contribution in [0.3, 0.4) is 0 Å². The first-order valence-corrected chi connectivity index (χ1v) is 6.76. The van der Waals surface area contributed by atoms with Crippen molar-refractivity contribution in [2.75, 3.05) is 57.4 Å². The van der Waals surface area contributed by atoms with Crippen molar-refractivity contribution in [3.63, 3.8) is 0 Å². The molecule has 1 aliphatic rings. The molecule has 0 aliphatic carbocycles. The van der Waals surface area contributed by atoms with Gasteiger partial charge in [-0.1, -0.05) is 0 Å². The normalized spacial score (nSPS) is 17.6. The second kappa shape index (κ2) is 6.21. The van der Waals surface area contributed by atoms with Gasteiger partial charge in [0.1, 0.15) is 5.82 Å². The highest BCUT2D eigenvalue weighted by atomic mass is 19.1. The zero-order valence-electron chi connectivity index (χ0n) is 11.7. The lowest BCUT2D eigenvalue weighted by molar-refractivity contribution is 0.158. The molecule has 5 heteroatoms. The molecule has 0 amide bonds. The Balaban J connectivity index is 1.81. The second-order valence-electron chi connectivity index (χ2n) is 5.26. The predicted molar refractivity (Wildman–Crippen MR) is 78.0 cm³/mol. The maximum Gasteiger partial charge on any atom is 0.128 e. The van der Waals surface area contributed by atoms with Crippen LogP contribution in [0.5, 0.6) is 0 Å². The summed E-state index contributed by atoms with van der Waals surface area (Å²) in [5.74, 6) is -0.248. The lowest BCUT2D eigenvalue weighted by atomic mass is 10.2. The second-order valence-corrected chi connectivity index (χ2v) is 5.26. The Hall–Kier alpha value is -1.33. The van der Waals surface area contributed by atoms with Crippen LogP contribution in [0.2, 0.25) is 0 Å². The zero-order chi connectivity index (χ0) is 13.8. The molecule has 0 aromatic heterocycles. The van der Waals surface area contributed by atoms with Gasteiger partial charge in [-0.25, -0.2) is 4.39 Å². The maximum atomic E-state index is 13.3. The summed E-state index contributed by atoms with van der Waals surface area (Å²) in [5, 5.41) is 3.29. The van der Waals surface area contributed by atoms with Gasteiger partial charge in [0, 0.05) is 39.3 Å². The predicted octanol–water partition coefficient (Wildman–Crippen LogP) is 1.38. The molecule has 0 saturated carbocycles. The topological polar surface area (TPSA) is 44.5 Å². The minimum absolute atomic E-state index is 0.248. The van der Waals surface area contributed by atoms with Gasteiger partial charge < -0.3 is 16.0 Å².